The number of nitrogens with zero attached hydrogens (tertiary/aromatic N) is 2. The summed E-state index contributed by atoms with van der Waals surface area (Å²) in [5.74, 6) is -0.514. The summed E-state index contributed by atoms with van der Waals surface area (Å²) >= 11 is 1.30. The van der Waals surface area contributed by atoms with Gasteiger partial charge in [0.05, 0.1) is 35.2 Å². The summed E-state index contributed by atoms with van der Waals surface area (Å²) in [6.07, 6.45) is 5.47. The van der Waals surface area contributed by atoms with Crippen molar-refractivity contribution in [2.45, 2.75) is 47.8 Å². The largest absolute Gasteiger partial charge is 0.389 e. The average Bonchev–Trinajstić information content (AvgIpc) is 3.47. The fraction of sp³-hybridized carbons (Fsp3) is 0.458. The van der Waals surface area contributed by atoms with E-state index in [0.29, 0.717) is 48.9 Å². The van der Waals surface area contributed by atoms with Gasteiger partial charge < -0.3 is 24.9 Å². The third-order valence-corrected chi connectivity index (χ3v) is 9.67. The zero-order valence-electron chi connectivity index (χ0n) is 19.9. The van der Waals surface area contributed by atoms with Crippen molar-refractivity contribution in [2.24, 2.45) is 5.16 Å². The van der Waals surface area contributed by atoms with Gasteiger partial charge in [0.15, 0.2) is 26.8 Å². The molecule has 6 rings (SSSR count). The number of thiazole rings is 1. The molecule has 196 valence electrons. The number of ether oxygens (including phenoxy) is 2. The molecule has 2 saturated heterocycles. The average molecular weight is 546 g/mol. The Hall–Kier alpha value is -2.84. The van der Waals surface area contributed by atoms with E-state index < -0.39 is 15.7 Å². The lowest BCUT2D eigenvalue weighted by molar-refractivity contribution is -0.110. The molecular weight excluding hydrogens is 518 g/mol. The van der Waals surface area contributed by atoms with Crippen LogP contribution in [-0.2, 0) is 28.9 Å². The predicted octanol–water partition coefficient (Wildman–Crippen LogP) is 1.98. The van der Waals surface area contributed by atoms with Crippen LogP contribution in [0.5, 0.6) is 0 Å². The molecular formula is C24H27N5O6S2. The number of anilines is 2. The molecule has 3 aliphatic heterocycles. The minimum absolute atomic E-state index is 0.0256. The Morgan fingerprint density at radius 2 is 1.97 bits per heavy atom. The molecule has 11 nitrogen and oxygen atoms in total. The number of rotatable bonds is 9. The van der Waals surface area contributed by atoms with Crippen molar-refractivity contribution in [3.8, 4) is 0 Å². The summed E-state index contributed by atoms with van der Waals surface area (Å²) in [7, 11) is -3.34. The summed E-state index contributed by atoms with van der Waals surface area (Å²) in [4.78, 5) is 23.6. The van der Waals surface area contributed by atoms with Crippen LogP contribution in [-0.4, -0.2) is 75.0 Å². The fourth-order valence-electron chi connectivity index (χ4n) is 4.08. The molecule has 3 N–H and O–H groups in total. The van der Waals surface area contributed by atoms with E-state index in [4.69, 9.17) is 14.3 Å². The summed E-state index contributed by atoms with van der Waals surface area (Å²) in [5.41, 5.74) is 1.17. The minimum Gasteiger partial charge on any atom is -0.389 e. The van der Waals surface area contributed by atoms with E-state index >= 15 is 0 Å². The number of sulfone groups is 1. The SMILES string of the molecule is O=C(Nc1nc2c(s1)NC(OC1CNC1)C=C2)/C(=N/O[C@@H]1CCOC1)c1ccc(S(=O)(=O)C2CC2)cc1. The first-order valence-electron chi connectivity index (χ1n) is 12.2. The molecule has 1 saturated carbocycles. The van der Waals surface area contributed by atoms with Crippen LogP contribution in [0.3, 0.4) is 0 Å². The number of hydrogen-bond donors (Lipinski definition) is 3. The minimum atomic E-state index is -3.34. The normalized spacial score (nSPS) is 23.7. The molecule has 1 aromatic heterocycles. The molecule has 37 heavy (non-hydrogen) atoms. The lowest BCUT2D eigenvalue weighted by Crippen LogP contribution is -2.50. The smallest absolute Gasteiger partial charge is 0.280 e. The number of hydrogen-bond acceptors (Lipinski definition) is 11. The van der Waals surface area contributed by atoms with E-state index in [1.54, 1.807) is 12.1 Å². The standard InChI is InChI=1S/C24H27N5O6S2/c30-22(28-24-26-19-7-8-20(27-23(19)36-24)34-16-11-25-12-16)21(29-35-15-9-10-33-13-15)14-1-3-17(4-2-14)37(31,32)18-5-6-18/h1-4,7-8,15-16,18,20,25,27H,5-6,9-13H2,(H,26,28,30)/b29-21+/t15-,20?/m1/s1. The Labute approximate surface area is 218 Å². The molecule has 2 atom stereocenters. The van der Waals surface area contributed by atoms with E-state index in [-0.39, 0.29) is 34.3 Å². The maximum absolute atomic E-state index is 13.3. The molecule has 1 amide bonds. The van der Waals surface area contributed by atoms with Gasteiger partial charge in [0, 0.05) is 25.1 Å². The van der Waals surface area contributed by atoms with E-state index in [1.165, 1.54) is 23.5 Å². The third-order valence-electron chi connectivity index (χ3n) is 6.47. The maximum Gasteiger partial charge on any atom is 0.280 e. The highest BCUT2D eigenvalue weighted by Crippen LogP contribution is 2.34. The van der Waals surface area contributed by atoms with Crippen molar-refractivity contribution in [1.82, 2.24) is 10.3 Å². The number of carbonyl (C=O) groups excluding carboxylic acids is 1. The Kier molecular flexibility index (Phi) is 6.71. The molecule has 0 radical (unpaired) electrons. The topological polar surface area (TPSA) is 140 Å². The molecule has 1 aliphatic carbocycles. The van der Waals surface area contributed by atoms with Crippen molar-refractivity contribution < 1.29 is 27.5 Å². The van der Waals surface area contributed by atoms with Gasteiger partial charge in [-0.1, -0.05) is 28.6 Å². The van der Waals surface area contributed by atoms with Gasteiger partial charge in [0.2, 0.25) is 0 Å². The Morgan fingerprint density at radius 1 is 1.16 bits per heavy atom. The van der Waals surface area contributed by atoms with Crippen LogP contribution in [0.25, 0.3) is 6.08 Å². The number of fused-ring (bicyclic) bond motifs is 1. The summed E-state index contributed by atoms with van der Waals surface area (Å²) < 4.78 is 36.4. The van der Waals surface area contributed by atoms with Crippen LogP contribution in [0, 0.1) is 0 Å². The molecule has 4 aliphatic rings. The van der Waals surface area contributed by atoms with E-state index in [2.05, 4.69) is 26.1 Å². The molecule has 1 unspecified atom stereocenters. The quantitative estimate of drug-likeness (QED) is 0.319. The zero-order chi connectivity index (χ0) is 25.4. The monoisotopic (exact) mass is 545 g/mol. The first kappa shape index (κ1) is 24.5. The van der Waals surface area contributed by atoms with E-state index in [0.717, 1.165) is 18.1 Å². The lowest BCUT2D eigenvalue weighted by atomic mass is 10.1. The van der Waals surface area contributed by atoms with Gasteiger partial charge >= 0.3 is 0 Å². The van der Waals surface area contributed by atoms with Gasteiger partial charge in [0.1, 0.15) is 11.2 Å². The number of oxime groups is 1. The first-order valence-corrected chi connectivity index (χ1v) is 14.6. The van der Waals surface area contributed by atoms with Crippen LogP contribution in [0.15, 0.2) is 40.4 Å². The number of benzene rings is 1. The van der Waals surface area contributed by atoms with Gasteiger partial charge in [-0.3, -0.25) is 10.1 Å². The summed E-state index contributed by atoms with van der Waals surface area (Å²) in [6.45, 7) is 2.62. The van der Waals surface area contributed by atoms with Crippen LogP contribution in [0.1, 0.15) is 30.5 Å². The third kappa shape index (κ3) is 5.41. The number of nitrogens with one attached hydrogen (secondary N) is 3. The summed E-state index contributed by atoms with van der Waals surface area (Å²) in [5, 5.41) is 14.3. The van der Waals surface area contributed by atoms with Gasteiger partial charge in [-0.15, -0.1) is 0 Å². The van der Waals surface area contributed by atoms with Crippen molar-refractivity contribution in [3.05, 3.63) is 41.6 Å². The molecule has 4 heterocycles. The van der Waals surface area contributed by atoms with Crippen molar-refractivity contribution >= 4 is 49.0 Å². The predicted molar refractivity (Wildman–Crippen MR) is 138 cm³/mol. The number of aromatic nitrogens is 1. The number of carbonyl (C=O) groups is 1. The van der Waals surface area contributed by atoms with Gasteiger partial charge in [-0.25, -0.2) is 13.4 Å². The molecule has 0 bridgehead atoms. The Morgan fingerprint density at radius 3 is 2.65 bits per heavy atom. The maximum atomic E-state index is 13.3. The molecule has 13 heteroatoms. The fourth-order valence-corrected chi connectivity index (χ4v) is 6.61. The lowest BCUT2D eigenvalue weighted by Gasteiger charge is -2.31. The van der Waals surface area contributed by atoms with Gasteiger partial charge in [0.25, 0.3) is 5.91 Å². The highest BCUT2D eigenvalue weighted by atomic mass is 32.2. The Balaban J connectivity index is 1.19. The number of amides is 1. The molecule has 0 spiro atoms. The second-order valence-electron chi connectivity index (χ2n) is 9.33. The van der Waals surface area contributed by atoms with Crippen LogP contribution < -0.4 is 16.0 Å². The highest BCUT2D eigenvalue weighted by Gasteiger charge is 2.37. The van der Waals surface area contributed by atoms with Gasteiger partial charge in [-0.05, 0) is 37.1 Å². The van der Waals surface area contributed by atoms with Crippen molar-refractivity contribution in [1.29, 1.82) is 0 Å². The first-order chi connectivity index (χ1) is 18.0. The van der Waals surface area contributed by atoms with Crippen LogP contribution in [0.2, 0.25) is 0 Å². The molecule has 2 aromatic rings. The molecule has 1 aromatic carbocycles. The second kappa shape index (κ2) is 10.1. The van der Waals surface area contributed by atoms with Crippen LogP contribution in [0.4, 0.5) is 10.1 Å². The summed E-state index contributed by atoms with van der Waals surface area (Å²) in [6, 6.07) is 6.19. The van der Waals surface area contributed by atoms with Crippen molar-refractivity contribution in [3.63, 3.8) is 0 Å². The van der Waals surface area contributed by atoms with Gasteiger partial charge in [-0.2, -0.15) is 0 Å². The van der Waals surface area contributed by atoms with E-state index in [9.17, 15) is 13.2 Å². The van der Waals surface area contributed by atoms with Crippen LogP contribution >= 0.6 is 11.3 Å². The zero-order valence-corrected chi connectivity index (χ0v) is 21.5. The van der Waals surface area contributed by atoms with Crippen molar-refractivity contribution in [2.75, 3.05) is 36.9 Å². The Bertz CT molecular complexity index is 1330. The second-order valence-corrected chi connectivity index (χ2v) is 12.6. The van der Waals surface area contributed by atoms with E-state index in [1.807, 2.05) is 12.2 Å². The molecule has 3 fully saturated rings. The highest BCUT2D eigenvalue weighted by molar-refractivity contribution is 7.92.